The van der Waals surface area contributed by atoms with Gasteiger partial charge in [-0.1, -0.05) is 13.3 Å². The molecule has 6 heteroatoms. The van der Waals surface area contributed by atoms with Gasteiger partial charge in [-0.3, -0.25) is 9.59 Å². The average molecular weight is 295 g/mol. The fraction of sp³-hybridized carbons (Fsp3) is 0.467. The second-order valence-electron chi connectivity index (χ2n) is 5.00. The molecule has 0 aromatic heterocycles. The lowest BCUT2D eigenvalue weighted by Crippen LogP contribution is -2.17. The molecule has 0 heterocycles. The minimum Gasteiger partial charge on any atom is -0.366 e. The highest BCUT2D eigenvalue weighted by Gasteiger charge is 2.12. The minimum absolute atomic E-state index is 0.174. The van der Waals surface area contributed by atoms with E-state index in [0.29, 0.717) is 24.6 Å². The molecule has 0 aliphatic rings. The Balaban J connectivity index is 2.59. The Morgan fingerprint density at radius 1 is 1.33 bits per heavy atom. The van der Waals surface area contributed by atoms with Crippen LogP contribution in [-0.4, -0.2) is 18.4 Å². The summed E-state index contributed by atoms with van der Waals surface area (Å²) in [4.78, 5) is 22.9. The van der Waals surface area contributed by atoms with Crippen molar-refractivity contribution in [2.75, 3.05) is 11.9 Å². The van der Waals surface area contributed by atoms with E-state index in [-0.39, 0.29) is 11.5 Å². The summed E-state index contributed by atoms with van der Waals surface area (Å²) in [5.41, 5.74) is 10.7. The summed E-state index contributed by atoms with van der Waals surface area (Å²) in [6.45, 7) is 2.68. The fourth-order valence-corrected chi connectivity index (χ4v) is 2.14. The van der Waals surface area contributed by atoms with Crippen LogP contribution in [0.3, 0.4) is 0 Å². The quantitative estimate of drug-likeness (QED) is 0.684. The first-order valence-electron chi connectivity index (χ1n) is 7.07. The van der Waals surface area contributed by atoms with E-state index in [4.69, 9.17) is 11.5 Å². The molecule has 21 heavy (non-hydrogen) atoms. The lowest BCUT2D eigenvalue weighted by atomic mass is 9.96. The van der Waals surface area contributed by atoms with E-state index in [2.05, 4.69) is 12.2 Å². The van der Waals surface area contributed by atoms with Gasteiger partial charge in [0.1, 0.15) is 5.82 Å². The molecule has 0 saturated heterocycles. The third-order valence-electron chi connectivity index (χ3n) is 3.45. The Bertz CT molecular complexity index is 506. The number of primary amides is 1. The molecule has 0 bridgehead atoms. The van der Waals surface area contributed by atoms with Gasteiger partial charge in [0.05, 0.1) is 5.56 Å². The van der Waals surface area contributed by atoms with Crippen LogP contribution in [0.2, 0.25) is 0 Å². The van der Waals surface area contributed by atoms with Gasteiger partial charge in [0.25, 0.3) is 5.91 Å². The standard InChI is InChI=1S/C15H22FN3O2/c1-2-10(7-8-17)3-6-14(20)19-11-4-5-13(16)12(9-11)15(18)21/h4-5,9-10H,2-3,6-8,17H2,1H3,(H2,18,21)(H,19,20). The van der Waals surface area contributed by atoms with Crippen molar-refractivity contribution in [2.24, 2.45) is 17.4 Å². The Hall–Kier alpha value is -1.95. The molecule has 1 rings (SSSR count). The molecule has 0 spiro atoms. The van der Waals surface area contributed by atoms with Gasteiger partial charge in [-0.2, -0.15) is 0 Å². The Morgan fingerprint density at radius 3 is 2.62 bits per heavy atom. The molecule has 1 aromatic carbocycles. The van der Waals surface area contributed by atoms with Crippen LogP contribution in [0.5, 0.6) is 0 Å². The van der Waals surface area contributed by atoms with Crippen molar-refractivity contribution in [3.8, 4) is 0 Å². The Morgan fingerprint density at radius 2 is 2.05 bits per heavy atom. The summed E-state index contributed by atoms with van der Waals surface area (Å²) in [6.07, 6.45) is 2.99. The van der Waals surface area contributed by atoms with E-state index in [1.54, 1.807) is 0 Å². The highest BCUT2D eigenvalue weighted by molar-refractivity contribution is 5.96. The summed E-state index contributed by atoms with van der Waals surface area (Å²) >= 11 is 0. The number of anilines is 1. The monoisotopic (exact) mass is 295 g/mol. The van der Waals surface area contributed by atoms with E-state index >= 15 is 0 Å². The van der Waals surface area contributed by atoms with Crippen LogP contribution in [0.1, 0.15) is 43.0 Å². The first kappa shape index (κ1) is 17.1. The zero-order valence-electron chi connectivity index (χ0n) is 12.2. The molecule has 0 aliphatic carbocycles. The number of amides is 2. The number of halogens is 1. The summed E-state index contributed by atoms with van der Waals surface area (Å²) in [5.74, 6) is -1.31. The largest absolute Gasteiger partial charge is 0.366 e. The smallest absolute Gasteiger partial charge is 0.251 e. The van der Waals surface area contributed by atoms with E-state index in [1.807, 2.05) is 0 Å². The third-order valence-corrected chi connectivity index (χ3v) is 3.45. The molecule has 5 N–H and O–H groups in total. The predicted octanol–water partition coefficient (Wildman–Crippen LogP) is 2.02. The second kappa shape index (κ2) is 8.36. The van der Waals surface area contributed by atoms with Gasteiger partial charge in [0, 0.05) is 12.1 Å². The number of hydrogen-bond donors (Lipinski definition) is 3. The van der Waals surface area contributed by atoms with Crippen molar-refractivity contribution in [1.82, 2.24) is 0 Å². The number of rotatable bonds is 8. The Labute approximate surface area is 123 Å². The molecule has 1 unspecified atom stereocenters. The van der Waals surface area contributed by atoms with Gasteiger partial charge in [-0.25, -0.2) is 4.39 Å². The van der Waals surface area contributed by atoms with Crippen LogP contribution in [-0.2, 0) is 4.79 Å². The molecular formula is C15H22FN3O2. The lowest BCUT2D eigenvalue weighted by Gasteiger charge is -2.13. The molecule has 5 nitrogen and oxygen atoms in total. The molecule has 116 valence electrons. The van der Waals surface area contributed by atoms with Crippen LogP contribution >= 0.6 is 0 Å². The van der Waals surface area contributed by atoms with Crippen molar-refractivity contribution in [3.63, 3.8) is 0 Å². The van der Waals surface area contributed by atoms with E-state index in [1.165, 1.54) is 12.1 Å². The maximum Gasteiger partial charge on any atom is 0.251 e. The van der Waals surface area contributed by atoms with Crippen LogP contribution in [0, 0.1) is 11.7 Å². The molecule has 0 aliphatic heterocycles. The predicted molar refractivity (Wildman–Crippen MR) is 80.2 cm³/mol. The van der Waals surface area contributed by atoms with Crippen molar-refractivity contribution >= 4 is 17.5 Å². The van der Waals surface area contributed by atoms with Gasteiger partial charge in [0.15, 0.2) is 0 Å². The first-order valence-corrected chi connectivity index (χ1v) is 7.07. The van der Waals surface area contributed by atoms with Crippen LogP contribution in [0.25, 0.3) is 0 Å². The fourth-order valence-electron chi connectivity index (χ4n) is 2.14. The molecular weight excluding hydrogens is 273 g/mol. The summed E-state index contributed by atoms with van der Waals surface area (Å²) in [6, 6.07) is 3.75. The molecule has 0 radical (unpaired) electrons. The zero-order chi connectivity index (χ0) is 15.8. The molecule has 0 fully saturated rings. The van der Waals surface area contributed by atoms with E-state index < -0.39 is 11.7 Å². The topological polar surface area (TPSA) is 98.2 Å². The van der Waals surface area contributed by atoms with Gasteiger partial charge >= 0.3 is 0 Å². The summed E-state index contributed by atoms with van der Waals surface area (Å²) < 4.78 is 13.3. The van der Waals surface area contributed by atoms with Crippen molar-refractivity contribution in [3.05, 3.63) is 29.6 Å². The minimum atomic E-state index is -0.863. The number of nitrogens with two attached hydrogens (primary N) is 2. The third kappa shape index (κ3) is 5.51. The van der Waals surface area contributed by atoms with Crippen molar-refractivity contribution in [1.29, 1.82) is 0 Å². The van der Waals surface area contributed by atoms with Gasteiger partial charge < -0.3 is 16.8 Å². The molecule has 1 aromatic rings. The highest BCUT2D eigenvalue weighted by atomic mass is 19.1. The van der Waals surface area contributed by atoms with E-state index in [0.717, 1.165) is 25.3 Å². The van der Waals surface area contributed by atoms with E-state index in [9.17, 15) is 14.0 Å². The van der Waals surface area contributed by atoms with Crippen LogP contribution in [0.4, 0.5) is 10.1 Å². The average Bonchev–Trinajstić information content (AvgIpc) is 2.45. The van der Waals surface area contributed by atoms with Crippen molar-refractivity contribution in [2.45, 2.75) is 32.6 Å². The van der Waals surface area contributed by atoms with Crippen molar-refractivity contribution < 1.29 is 14.0 Å². The van der Waals surface area contributed by atoms with Gasteiger partial charge in [-0.15, -0.1) is 0 Å². The van der Waals surface area contributed by atoms with Gasteiger partial charge in [0.2, 0.25) is 5.91 Å². The Kier molecular flexibility index (Phi) is 6.81. The number of carbonyl (C=O) groups excluding carboxylic acids is 2. The SMILES string of the molecule is CCC(CCN)CCC(=O)Nc1ccc(F)c(C(N)=O)c1. The number of carbonyl (C=O) groups is 2. The van der Waals surface area contributed by atoms with Crippen LogP contribution in [0.15, 0.2) is 18.2 Å². The molecule has 1 atom stereocenters. The zero-order valence-corrected chi connectivity index (χ0v) is 12.2. The lowest BCUT2D eigenvalue weighted by molar-refractivity contribution is -0.116. The number of hydrogen-bond acceptors (Lipinski definition) is 3. The number of nitrogens with one attached hydrogen (secondary N) is 1. The normalized spacial score (nSPS) is 12.0. The molecule has 0 saturated carbocycles. The maximum absolute atomic E-state index is 13.3. The molecule has 2 amide bonds. The number of benzene rings is 1. The highest BCUT2D eigenvalue weighted by Crippen LogP contribution is 2.17. The first-order chi connectivity index (χ1) is 9.97. The van der Waals surface area contributed by atoms with Gasteiger partial charge in [-0.05, 0) is 43.5 Å². The summed E-state index contributed by atoms with van der Waals surface area (Å²) in [7, 11) is 0. The second-order valence-corrected chi connectivity index (χ2v) is 5.00. The van der Waals surface area contributed by atoms with Crippen LogP contribution < -0.4 is 16.8 Å². The maximum atomic E-state index is 13.3. The summed E-state index contributed by atoms with van der Waals surface area (Å²) in [5, 5.41) is 2.64.